The Kier molecular flexibility index (Phi) is 6.57. The Labute approximate surface area is 139 Å². The molecule has 0 bridgehead atoms. The van der Waals surface area contributed by atoms with E-state index in [-0.39, 0.29) is 37.0 Å². The van der Waals surface area contributed by atoms with Crippen LogP contribution < -0.4 is 0 Å². The predicted molar refractivity (Wildman–Crippen MR) is 79.1 cm³/mol. The molecule has 2 aromatic carbocycles. The number of carbonyl (C=O) groups is 2. The Hall–Kier alpha value is -1.50. The van der Waals surface area contributed by atoms with E-state index in [2.05, 4.69) is 0 Å². The molecule has 0 saturated heterocycles. The summed E-state index contributed by atoms with van der Waals surface area (Å²) in [5.74, 6) is -1.65. The maximum absolute atomic E-state index is 11.8. The Morgan fingerprint density at radius 1 is 1.00 bits per heavy atom. The van der Waals surface area contributed by atoms with Crippen molar-refractivity contribution in [2.45, 2.75) is 4.90 Å². The minimum atomic E-state index is -1.08. The van der Waals surface area contributed by atoms with Gasteiger partial charge in [0.25, 0.3) is 0 Å². The third kappa shape index (κ3) is 4.55. The molecule has 0 unspecified atom stereocenters. The maximum atomic E-state index is 11.8. The molecule has 0 atom stereocenters. The van der Waals surface area contributed by atoms with Gasteiger partial charge in [-0.3, -0.25) is 0 Å². The first-order valence-electron chi connectivity index (χ1n) is 5.44. The largest absolute Gasteiger partial charge is 2.00 e. The number of aromatic carboxylic acids is 1. The zero-order valence-corrected chi connectivity index (χ0v) is 12.7. The normalized spacial score (nSPS) is 9.40. The first-order chi connectivity index (χ1) is 9.16. The Balaban J connectivity index is 0. The molecule has 2 rings (SSSR count). The topological polar surface area (TPSA) is 63.6 Å². The van der Waals surface area contributed by atoms with Crippen LogP contribution in [0.5, 0.6) is 0 Å². The molecule has 0 heterocycles. The van der Waals surface area contributed by atoms with E-state index in [0.717, 1.165) is 16.9 Å². The van der Waals surface area contributed by atoms with Gasteiger partial charge in [0.05, 0.1) is 23.2 Å². The molecule has 6 heteroatoms. The maximum Gasteiger partial charge on any atom is 2.00 e. The minimum absolute atomic E-state index is 0. The molecular formula is C14H12MgO4S. The molecule has 0 fully saturated rings. The number of hydrogen-bond acceptors (Lipinski definition) is 4. The number of carbonyl (C=O) groups excluding carboxylic acids is 1. The number of benzene rings is 2. The van der Waals surface area contributed by atoms with Crippen LogP contribution in [0.15, 0.2) is 59.5 Å². The van der Waals surface area contributed by atoms with E-state index in [9.17, 15) is 9.59 Å². The molecule has 0 amide bonds. The summed E-state index contributed by atoms with van der Waals surface area (Å²) >= 11 is 0.941. The van der Waals surface area contributed by atoms with Gasteiger partial charge in [-0.2, -0.15) is 0 Å². The molecule has 0 aliphatic carbocycles. The number of carboxylic acids is 1. The van der Waals surface area contributed by atoms with Crippen molar-refractivity contribution in [3.63, 3.8) is 0 Å². The van der Waals surface area contributed by atoms with Gasteiger partial charge < -0.3 is 12.1 Å². The van der Waals surface area contributed by atoms with Gasteiger partial charge in [0.1, 0.15) is 0 Å². The summed E-state index contributed by atoms with van der Waals surface area (Å²) in [4.78, 5) is 23.4. The number of hydrogen-bond donors (Lipinski definition) is 1. The third-order valence-corrected chi connectivity index (χ3v) is 3.00. The summed E-state index contributed by atoms with van der Waals surface area (Å²) in [7, 11) is 0. The molecule has 0 aromatic heterocycles. The van der Waals surface area contributed by atoms with E-state index < -0.39 is 11.9 Å². The standard InChI is InChI=1S/C14H10O4S.Mg.2H/c15-13(16)10-5-4-6-11(9-10)14(17)18-19-12-7-2-1-3-8-12;;;/h1-9H,(H,15,16);;;/q;+2;2*-1. The summed E-state index contributed by atoms with van der Waals surface area (Å²) in [6.07, 6.45) is 0. The van der Waals surface area contributed by atoms with E-state index in [1.807, 2.05) is 30.3 Å². The molecular weight excluding hydrogens is 289 g/mol. The predicted octanol–water partition coefficient (Wildman–Crippen LogP) is 3.09. The molecule has 4 nitrogen and oxygen atoms in total. The molecule has 100 valence electrons. The van der Waals surface area contributed by atoms with Crippen molar-refractivity contribution >= 4 is 47.0 Å². The average molecular weight is 301 g/mol. The molecule has 0 radical (unpaired) electrons. The zero-order valence-electron chi connectivity index (χ0n) is 12.5. The monoisotopic (exact) mass is 300 g/mol. The van der Waals surface area contributed by atoms with E-state index in [1.165, 1.54) is 24.3 Å². The number of rotatable bonds is 4. The van der Waals surface area contributed by atoms with Gasteiger partial charge in [-0.05, 0) is 30.3 Å². The zero-order chi connectivity index (χ0) is 13.7. The van der Waals surface area contributed by atoms with Gasteiger partial charge in [-0.1, -0.05) is 24.3 Å². The van der Waals surface area contributed by atoms with E-state index in [0.29, 0.717) is 0 Å². The van der Waals surface area contributed by atoms with Crippen molar-refractivity contribution in [2.75, 3.05) is 0 Å². The van der Waals surface area contributed by atoms with Gasteiger partial charge in [0.15, 0.2) is 0 Å². The second-order valence-electron chi connectivity index (χ2n) is 3.65. The van der Waals surface area contributed by atoms with Crippen molar-refractivity contribution in [1.29, 1.82) is 0 Å². The van der Waals surface area contributed by atoms with Crippen LogP contribution in [-0.4, -0.2) is 40.1 Å². The SMILES string of the molecule is O=C(O)c1cccc(C(=O)OSc2ccccc2)c1.[H-].[H-].[Mg+2]. The van der Waals surface area contributed by atoms with Crippen molar-refractivity contribution in [2.24, 2.45) is 0 Å². The van der Waals surface area contributed by atoms with Gasteiger partial charge in [-0.15, -0.1) is 0 Å². The van der Waals surface area contributed by atoms with Crippen LogP contribution in [0.2, 0.25) is 0 Å². The van der Waals surface area contributed by atoms with E-state index >= 15 is 0 Å². The van der Waals surface area contributed by atoms with Crippen LogP contribution in [0.3, 0.4) is 0 Å². The molecule has 20 heavy (non-hydrogen) atoms. The summed E-state index contributed by atoms with van der Waals surface area (Å²) in [6, 6.07) is 14.9. The fraction of sp³-hybridized carbons (Fsp3) is 0. The molecule has 0 spiro atoms. The van der Waals surface area contributed by atoms with E-state index in [4.69, 9.17) is 9.29 Å². The van der Waals surface area contributed by atoms with Gasteiger partial charge >= 0.3 is 35.0 Å². The molecule has 1 N–H and O–H groups in total. The first kappa shape index (κ1) is 16.6. The fourth-order valence-corrected chi connectivity index (χ4v) is 1.93. The smallest absolute Gasteiger partial charge is 1.00 e. The first-order valence-corrected chi connectivity index (χ1v) is 6.18. The van der Waals surface area contributed by atoms with Crippen molar-refractivity contribution in [1.82, 2.24) is 0 Å². The summed E-state index contributed by atoms with van der Waals surface area (Å²) in [5, 5.41) is 8.84. The fourth-order valence-electron chi connectivity index (χ4n) is 1.39. The van der Waals surface area contributed by atoms with Crippen molar-refractivity contribution < 1.29 is 21.7 Å². The Morgan fingerprint density at radius 3 is 2.30 bits per heavy atom. The Bertz CT molecular complexity index is 611. The molecule has 2 aromatic rings. The summed E-state index contributed by atoms with van der Waals surface area (Å²) < 4.78 is 5.03. The number of carboxylic acid groups (broad SMARTS) is 1. The quantitative estimate of drug-likeness (QED) is 0.694. The second kappa shape index (κ2) is 7.93. The van der Waals surface area contributed by atoms with Gasteiger partial charge in [-0.25, -0.2) is 9.59 Å². The molecule has 0 aliphatic heterocycles. The molecule has 0 saturated carbocycles. The third-order valence-electron chi connectivity index (χ3n) is 2.30. The minimum Gasteiger partial charge on any atom is -1.00 e. The Morgan fingerprint density at radius 2 is 1.65 bits per heavy atom. The average Bonchev–Trinajstić information content (AvgIpc) is 2.46. The summed E-state index contributed by atoms with van der Waals surface area (Å²) in [6.45, 7) is 0. The van der Waals surface area contributed by atoms with Crippen LogP contribution in [-0.2, 0) is 4.18 Å². The van der Waals surface area contributed by atoms with E-state index in [1.54, 1.807) is 0 Å². The van der Waals surface area contributed by atoms with Gasteiger partial charge in [0.2, 0.25) is 0 Å². The van der Waals surface area contributed by atoms with Crippen LogP contribution in [0.1, 0.15) is 23.6 Å². The van der Waals surface area contributed by atoms with Crippen LogP contribution in [0.4, 0.5) is 0 Å². The van der Waals surface area contributed by atoms with Crippen LogP contribution in [0.25, 0.3) is 0 Å². The second-order valence-corrected chi connectivity index (χ2v) is 4.46. The van der Waals surface area contributed by atoms with Crippen molar-refractivity contribution in [3.05, 3.63) is 65.7 Å². The van der Waals surface area contributed by atoms with Gasteiger partial charge in [0, 0.05) is 4.90 Å². The molecule has 0 aliphatic rings. The van der Waals surface area contributed by atoms with Crippen molar-refractivity contribution in [3.8, 4) is 0 Å². The summed E-state index contributed by atoms with van der Waals surface area (Å²) in [5.41, 5.74) is 0.266. The van der Waals surface area contributed by atoms with Crippen LogP contribution in [0, 0.1) is 0 Å². The van der Waals surface area contributed by atoms with Crippen LogP contribution >= 0.6 is 12.0 Å².